The van der Waals surface area contributed by atoms with Crippen molar-refractivity contribution >= 4 is 95.1 Å². The minimum Gasteiger partial charge on any atom is -0.345 e. The van der Waals surface area contributed by atoms with Gasteiger partial charge in [0.15, 0.2) is 0 Å². The van der Waals surface area contributed by atoms with Gasteiger partial charge < -0.3 is 18.9 Å². The quantitative estimate of drug-likeness (QED) is 0.152. The molecule has 5 heteroatoms. The normalized spacial score (nSPS) is 16.0. The third-order valence-electron chi connectivity index (χ3n) is 20.1. The summed E-state index contributed by atoms with van der Waals surface area (Å²) >= 11 is 0. The summed E-state index contributed by atoms with van der Waals surface area (Å²) in [4.78, 5) is 5.27. The van der Waals surface area contributed by atoms with Crippen LogP contribution in [0.15, 0.2) is 188 Å². The van der Waals surface area contributed by atoms with E-state index in [1.165, 1.54) is 155 Å². The van der Waals surface area contributed by atoms with E-state index in [1.54, 1.807) is 0 Å². The number of fused-ring (bicyclic) bond motifs is 13. The largest absolute Gasteiger partial charge is 0.345 e. The molecular formula is C79H73BN4. The molecule has 412 valence electrons. The zero-order valence-electron chi connectivity index (χ0n) is 51.3. The number of hydrogen-bond donors (Lipinski definition) is 0. The first-order chi connectivity index (χ1) is 40.0. The molecular weight excluding hydrogens is 1020 g/mol. The van der Waals surface area contributed by atoms with Crippen molar-refractivity contribution < 1.29 is 0 Å². The third-order valence-corrected chi connectivity index (χ3v) is 20.1. The van der Waals surface area contributed by atoms with Crippen molar-refractivity contribution in [3.63, 3.8) is 0 Å². The predicted octanol–water partition coefficient (Wildman–Crippen LogP) is 18.8. The Morgan fingerprint density at radius 2 is 0.857 bits per heavy atom. The Hall–Kier alpha value is -8.54. The number of para-hydroxylation sites is 2. The molecule has 0 N–H and O–H groups in total. The Morgan fingerprint density at radius 1 is 0.381 bits per heavy atom. The van der Waals surface area contributed by atoms with Crippen LogP contribution in [0.25, 0.3) is 77.2 Å². The molecule has 4 bridgehead atoms. The van der Waals surface area contributed by atoms with Gasteiger partial charge in [0.05, 0.1) is 39.1 Å². The van der Waals surface area contributed by atoms with E-state index in [9.17, 15) is 0 Å². The van der Waals surface area contributed by atoms with Gasteiger partial charge in [-0.3, -0.25) is 0 Å². The molecule has 7 heterocycles. The molecule has 12 aromatic rings. The summed E-state index contributed by atoms with van der Waals surface area (Å²) in [5, 5.41) is 4.95. The molecule has 0 aliphatic carbocycles. The lowest BCUT2D eigenvalue weighted by Crippen LogP contribution is -2.63. The minimum atomic E-state index is -0.672. The molecule has 0 saturated carbocycles. The van der Waals surface area contributed by atoms with Crippen LogP contribution in [0.2, 0.25) is 0 Å². The van der Waals surface area contributed by atoms with Crippen LogP contribution in [0.4, 0.5) is 28.4 Å². The van der Waals surface area contributed by atoms with Crippen LogP contribution in [0, 0.1) is 0 Å². The zero-order chi connectivity index (χ0) is 58.1. The van der Waals surface area contributed by atoms with E-state index in [4.69, 9.17) is 0 Å². The highest BCUT2D eigenvalue weighted by Crippen LogP contribution is 2.60. The molecule has 5 aliphatic heterocycles. The fourth-order valence-electron chi connectivity index (χ4n) is 15.4. The second-order valence-electron chi connectivity index (χ2n) is 29.3. The average molecular weight is 1090 g/mol. The number of aromatic nitrogens is 2. The molecule has 17 rings (SSSR count). The highest BCUT2D eigenvalue weighted by atomic mass is 15.2. The van der Waals surface area contributed by atoms with Crippen LogP contribution in [0.5, 0.6) is 0 Å². The first-order valence-corrected chi connectivity index (χ1v) is 30.5. The van der Waals surface area contributed by atoms with Gasteiger partial charge >= 0.3 is 0 Å². The summed E-state index contributed by atoms with van der Waals surface area (Å²) in [6.07, 6.45) is 0. The van der Waals surface area contributed by atoms with Gasteiger partial charge in [0.1, 0.15) is 0 Å². The zero-order valence-corrected chi connectivity index (χ0v) is 51.3. The van der Waals surface area contributed by atoms with Crippen LogP contribution >= 0.6 is 0 Å². The van der Waals surface area contributed by atoms with Crippen molar-refractivity contribution in [2.45, 2.75) is 117 Å². The standard InChI is InChI=1S/C79H73BN4/c1-75(2,3)50-27-23-46(24-28-50)48-39-49-41-55(40-48)82-63-21-17-15-19-56(63)58-34-35-59-57-20-16-18-22-64(57)83(73(59)72(58)82)68-45-69-71-74-70(68)79(13,51-29-25-47(49)26-30-51)60-42-52(76(4,5)6)31-36-65(60)84(74)67-38-33-54(78(10,11)12)44-62(67)80(71)61-43-53(77(7,8)9)32-37-66(61)81(69)14/h15-45H,1-14H3. The molecule has 0 radical (unpaired) electrons. The van der Waals surface area contributed by atoms with E-state index in [0.29, 0.717) is 0 Å². The molecule has 1 unspecified atom stereocenters. The Labute approximate surface area is 496 Å². The minimum absolute atomic E-state index is 0.0336. The molecule has 0 fully saturated rings. The van der Waals surface area contributed by atoms with Gasteiger partial charge in [-0.05, 0) is 155 Å². The van der Waals surface area contributed by atoms with E-state index in [2.05, 4.69) is 304 Å². The molecule has 4 nitrogen and oxygen atoms in total. The van der Waals surface area contributed by atoms with E-state index in [1.807, 2.05) is 0 Å². The predicted molar refractivity (Wildman–Crippen MR) is 360 cm³/mol. The van der Waals surface area contributed by atoms with E-state index in [0.717, 1.165) is 5.69 Å². The van der Waals surface area contributed by atoms with Crippen LogP contribution < -0.4 is 26.2 Å². The molecule has 0 saturated heterocycles. The van der Waals surface area contributed by atoms with E-state index < -0.39 is 5.41 Å². The Balaban J connectivity index is 1.13. The second-order valence-corrected chi connectivity index (χ2v) is 29.3. The Morgan fingerprint density at radius 3 is 1.43 bits per heavy atom. The summed E-state index contributed by atoms with van der Waals surface area (Å²) in [7, 11) is 2.33. The lowest BCUT2D eigenvalue weighted by molar-refractivity contribution is 0.585. The van der Waals surface area contributed by atoms with Gasteiger partial charge in [0.2, 0.25) is 0 Å². The van der Waals surface area contributed by atoms with Crippen LogP contribution in [-0.4, -0.2) is 22.9 Å². The first kappa shape index (κ1) is 51.1. The topological polar surface area (TPSA) is 16.3 Å². The van der Waals surface area contributed by atoms with Gasteiger partial charge in [0.25, 0.3) is 6.71 Å². The summed E-state index contributed by atoms with van der Waals surface area (Å²) < 4.78 is 5.33. The van der Waals surface area contributed by atoms with Crippen LogP contribution in [0.3, 0.4) is 0 Å². The summed E-state index contributed by atoms with van der Waals surface area (Å²) in [5.41, 5.74) is 30.7. The fourth-order valence-corrected chi connectivity index (χ4v) is 15.4. The van der Waals surface area contributed by atoms with Crippen LogP contribution in [-0.2, 0) is 27.1 Å². The number of hydrogen-bond acceptors (Lipinski definition) is 2. The SMILES string of the molecule is CN1c2ccc(C(C)(C)C)cc2B2c3cc(C(C)(C)C)ccc3N3c4ccc(C(C)(C)C)cc4C4(C)c5ccc(cc5)-c5cc(-c6ccc(C(C)(C)C)cc6)cc(c5)-n5c6ccccc6c6ccc7c8ccccc8n(c7c65)-c5cc1c2c3c54. The molecule has 84 heavy (non-hydrogen) atoms. The fraction of sp³-hybridized carbons (Fsp3) is 0.241. The Bertz CT molecular complexity index is 4840. The number of rotatable bonds is 1. The number of anilines is 5. The third kappa shape index (κ3) is 6.96. The van der Waals surface area contributed by atoms with Crippen molar-refractivity contribution in [2.24, 2.45) is 0 Å². The lowest BCUT2D eigenvalue weighted by atomic mass is 9.32. The van der Waals surface area contributed by atoms with Gasteiger partial charge in [-0.15, -0.1) is 0 Å². The number of benzene rings is 10. The highest BCUT2D eigenvalue weighted by molar-refractivity contribution is 7.00. The molecule has 1 atom stereocenters. The van der Waals surface area contributed by atoms with Crippen LogP contribution in [0.1, 0.15) is 129 Å². The first-order valence-electron chi connectivity index (χ1n) is 30.5. The van der Waals surface area contributed by atoms with Gasteiger partial charge in [-0.1, -0.05) is 217 Å². The van der Waals surface area contributed by atoms with Gasteiger partial charge in [-0.2, -0.15) is 0 Å². The lowest BCUT2D eigenvalue weighted by Gasteiger charge is -2.52. The molecule has 0 amide bonds. The monoisotopic (exact) mass is 1090 g/mol. The summed E-state index contributed by atoms with van der Waals surface area (Å²) in [5.74, 6) is 0. The Kier molecular flexibility index (Phi) is 10.3. The van der Waals surface area contributed by atoms with Gasteiger partial charge in [-0.25, -0.2) is 0 Å². The summed E-state index contributed by atoms with van der Waals surface area (Å²) in [6.45, 7) is 30.7. The van der Waals surface area contributed by atoms with Crippen molar-refractivity contribution in [2.75, 3.05) is 16.8 Å². The van der Waals surface area contributed by atoms with E-state index >= 15 is 0 Å². The van der Waals surface area contributed by atoms with Crippen molar-refractivity contribution in [1.29, 1.82) is 0 Å². The number of nitrogens with zero attached hydrogens (tertiary/aromatic N) is 4. The molecule has 0 spiro atoms. The maximum absolute atomic E-state index is 2.73. The smallest absolute Gasteiger partial charge is 0.252 e. The average Bonchev–Trinajstić information content (AvgIpc) is 1.06. The van der Waals surface area contributed by atoms with Crippen molar-refractivity contribution in [1.82, 2.24) is 9.13 Å². The van der Waals surface area contributed by atoms with Gasteiger partial charge in [0, 0.05) is 62.3 Å². The maximum Gasteiger partial charge on any atom is 0.252 e. The van der Waals surface area contributed by atoms with Crippen molar-refractivity contribution in [3.8, 4) is 33.6 Å². The van der Waals surface area contributed by atoms with E-state index in [-0.39, 0.29) is 28.4 Å². The van der Waals surface area contributed by atoms with Crippen molar-refractivity contribution in [3.05, 3.63) is 227 Å². The summed E-state index contributed by atoms with van der Waals surface area (Å²) in [6, 6.07) is 74.6. The second kappa shape index (κ2) is 16.8. The maximum atomic E-state index is 2.73. The molecule has 2 aromatic heterocycles. The molecule has 10 aromatic carbocycles. The molecule has 5 aliphatic rings. The highest BCUT2D eigenvalue weighted by Gasteiger charge is 2.52.